The minimum absolute atomic E-state index is 0.0225. The van der Waals surface area contributed by atoms with Crippen LogP contribution in [0.15, 0.2) is 54.1 Å². The van der Waals surface area contributed by atoms with Crippen LogP contribution in [0.5, 0.6) is 5.75 Å². The van der Waals surface area contributed by atoms with Crippen molar-refractivity contribution in [2.45, 2.75) is 0 Å². The SMILES string of the molecule is O=C1NC(=O)N(c2ccc([N+](=O)[O-])cc2)C(=O)/C1=C/c1ccc(O)cc1. The molecule has 3 rings (SSSR count). The van der Waals surface area contributed by atoms with E-state index in [9.17, 15) is 29.6 Å². The van der Waals surface area contributed by atoms with Gasteiger partial charge in [0.2, 0.25) is 0 Å². The zero-order valence-electron chi connectivity index (χ0n) is 13.1. The van der Waals surface area contributed by atoms with Crippen LogP contribution in [-0.2, 0) is 9.59 Å². The number of non-ortho nitro benzene ring substituents is 1. The van der Waals surface area contributed by atoms with Gasteiger partial charge in [-0.25, -0.2) is 9.69 Å². The highest BCUT2D eigenvalue weighted by Gasteiger charge is 2.36. The van der Waals surface area contributed by atoms with E-state index in [0.29, 0.717) is 5.56 Å². The van der Waals surface area contributed by atoms with Gasteiger partial charge in [-0.1, -0.05) is 12.1 Å². The fraction of sp³-hybridized carbons (Fsp3) is 0. The first kappa shape index (κ1) is 16.8. The summed E-state index contributed by atoms with van der Waals surface area (Å²) in [7, 11) is 0. The summed E-state index contributed by atoms with van der Waals surface area (Å²) in [6, 6.07) is 9.59. The molecule has 0 spiro atoms. The summed E-state index contributed by atoms with van der Waals surface area (Å²) in [6.07, 6.45) is 1.28. The Bertz CT molecular complexity index is 947. The molecular formula is C17H11N3O6. The van der Waals surface area contributed by atoms with Crippen LogP contribution >= 0.6 is 0 Å². The molecule has 1 heterocycles. The highest BCUT2D eigenvalue weighted by Crippen LogP contribution is 2.24. The second kappa shape index (κ2) is 6.48. The first-order valence-electron chi connectivity index (χ1n) is 7.32. The average Bonchev–Trinajstić information content (AvgIpc) is 2.60. The molecule has 1 saturated heterocycles. The summed E-state index contributed by atoms with van der Waals surface area (Å²) in [5.74, 6) is -1.69. The zero-order valence-corrected chi connectivity index (χ0v) is 13.1. The summed E-state index contributed by atoms with van der Waals surface area (Å²) in [5, 5.41) is 22.1. The first-order valence-corrected chi connectivity index (χ1v) is 7.32. The zero-order chi connectivity index (χ0) is 18.8. The Balaban J connectivity index is 1.97. The number of rotatable bonds is 3. The van der Waals surface area contributed by atoms with Crippen LogP contribution in [0.1, 0.15) is 5.56 Å². The predicted molar refractivity (Wildman–Crippen MR) is 90.2 cm³/mol. The number of carbonyl (C=O) groups excluding carboxylic acids is 3. The maximum Gasteiger partial charge on any atom is 0.335 e. The largest absolute Gasteiger partial charge is 0.508 e. The number of barbiturate groups is 1. The fourth-order valence-electron chi connectivity index (χ4n) is 2.35. The van der Waals surface area contributed by atoms with Gasteiger partial charge in [-0.2, -0.15) is 0 Å². The number of nitrogens with one attached hydrogen (secondary N) is 1. The van der Waals surface area contributed by atoms with Gasteiger partial charge in [0.05, 0.1) is 10.6 Å². The molecule has 9 heteroatoms. The topological polar surface area (TPSA) is 130 Å². The molecule has 0 bridgehead atoms. The minimum Gasteiger partial charge on any atom is -0.508 e. The van der Waals surface area contributed by atoms with Crippen LogP contribution in [0.4, 0.5) is 16.2 Å². The van der Waals surface area contributed by atoms with Crippen LogP contribution in [0, 0.1) is 10.1 Å². The molecule has 2 aromatic rings. The van der Waals surface area contributed by atoms with Crippen LogP contribution in [0.2, 0.25) is 0 Å². The van der Waals surface area contributed by atoms with Crippen LogP contribution in [-0.4, -0.2) is 27.9 Å². The van der Waals surface area contributed by atoms with Crippen LogP contribution in [0.3, 0.4) is 0 Å². The standard InChI is InChI=1S/C17H11N3O6/c21-13-7-1-10(2-8-13)9-14-15(22)18-17(24)19(16(14)23)11-3-5-12(6-4-11)20(25)26/h1-9,21H,(H,18,22,24)/b14-9+. The molecule has 0 atom stereocenters. The van der Waals surface area contributed by atoms with Gasteiger partial charge >= 0.3 is 6.03 Å². The lowest BCUT2D eigenvalue weighted by atomic mass is 10.1. The number of amides is 4. The van der Waals surface area contributed by atoms with Crippen molar-refractivity contribution in [2.24, 2.45) is 0 Å². The normalized spacial score (nSPS) is 15.9. The number of imide groups is 2. The second-order valence-corrected chi connectivity index (χ2v) is 5.32. The Morgan fingerprint density at radius 3 is 2.19 bits per heavy atom. The van der Waals surface area contributed by atoms with Crippen molar-refractivity contribution in [1.29, 1.82) is 0 Å². The molecule has 0 saturated carbocycles. The number of urea groups is 1. The number of hydrogen-bond acceptors (Lipinski definition) is 6. The van der Waals surface area contributed by atoms with Gasteiger partial charge in [0.1, 0.15) is 11.3 Å². The summed E-state index contributed by atoms with van der Waals surface area (Å²) in [6.45, 7) is 0. The molecule has 130 valence electrons. The quantitative estimate of drug-likeness (QED) is 0.375. The molecule has 26 heavy (non-hydrogen) atoms. The highest BCUT2D eigenvalue weighted by molar-refractivity contribution is 6.39. The maximum absolute atomic E-state index is 12.6. The number of phenolic OH excluding ortho intramolecular Hbond substituents is 1. The Labute approximate surface area is 146 Å². The Kier molecular flexibility index (Phi) is 4.19. The van der Waals surface area contributed by atoms with E-state index in [-0.39, 0.29) is 22.7 Å². The van der Waals surface area contributed by atoms with Gasteiger partial charge in [0.25, 0.3) is 17.5 Å². The molecule has 2 N–H and O–H groups in total. The Morgan fingerprint density at radius 2 is 1.62 bits per heavy atom. The van der Waals surface area contributed by atoms with Crippen molar-refractivity contribution in [2.75, 3.05) is 4.90 Å². The number of aromatic hydroxyl groups is 1. The van der Waals surface area contributed by atoms with Gasteiger partial charge in [-0.15, -0.1) is 0 Å². The highest BCUT2D eigenvalue weighted by atomic mass is 16.6. The van der Waals surface area contributed by atoms with Crippen LogP contribution < -0.4 is 10.2 Å². The van der Waals surface area contributed by atoms with E-state index < -0.39 is 22.8 Å². The summed E-state index contributed by atoms with van der Waals surface area (Å²) in [5.41, 5.74) is 0.0738. The van der Waals surface area contributed by atoms with Gasteiger partial charge in [-0.05, 0) is 35.9 Å². The van der Waals surface area contributed by atoms with E-state index in [4.69, 9.17) is 0 Å². The molecular weight excluding hydrogens is 342 g/mol. The van der Waals surface area contributed by atoms with E-state index in [1.807, 2.05) is 0 Å². The Morgan fingerprint density at radius 1 is 1.00 bits per heavy atom. The number of nitrogens with zero attached hydrogens (tertiary/aromatic N) is 2. The van der Waals surface area contributed by atoms with E-state index in [1.54, 1.807) is 0 Å². The predicted octanol–water partition coefficient (Wildman–Crippen LogP) is 1.97. The molecule has 0 aromatic heterocycles. The molecule has 4 amide bonds. The van der Waals surface area contributed by atoms with Crippen LogP contribution in [0.25, 0.3) is 6.08 Å². The van der Waals surface area contributed by atoms with E-state index in [2.05, 4.69) is 5.32 Å². The van der Waals surface area contributed by atoms with Crippen molar-refractivity contribution in [3.63, 3.8) is 0 Å². The summed E-state index contributed by atoms with van der Waals surface area (Å²) in [4.78, 5) is 47.5. The van der Waals surface area contributed by atoms with E-state index >= 15 is 0 Å². The Hall–Kier alpha value is -4.01. The molecule has 2 aromatic carbocycles. The summed E-state index contributed by atoms with van der Waals surface area (Å²) < 4.78 is 0. The van der Waals surface area contributed by atoms with Crippen molar-refractivity contribution in [1.82, 2.24) is 5.32 Å². The number of phenols is 1. The third kappa shape index (κ3) is 3.13. The molecule has 1 aliphatic heterocycles. The average molecular weight is 353 g/mol. The third-order valence-electron chi connectivity index (χ3n) is 3.62. The molecule has 1 aliphatic rings. The van der Waals surface area contributed by atoms with Crippen molar-refractivity contribution in [3.8, 4) is 5.75 Å². The number of nitro groups is 1. The number of hydrogen-bond donors (Lipinski definition) is 2. The second-order valence-electron chi connectivity index (χ2n) is 5.32. The lowest BCUT2D eigenvalue weighted by Crippen LogP contribution is -2.54. The molecule has 1 fully saturated rings. The third-order valence-corrected chi connectivity index (χ3v) is 3.62. The fourth-order valence-corrected chi connectivity index (χ4v) is 2.35. The lowest BCUT2D eigenvalue weighted by Gasteiger charge is -2.26. The van der Waals surface area contributed by atoms with E-state index in [1.165, 1.54) is 42.5 Å². The summed E-state index contributed by atoms with van der Waals surface area (Å²) >= 11 is 0. The van der Waals surface area contributed by atoms with Gasteiger partial charge in [0.15, 0.2) is 0 Å². The molecule has 9 nitrogen and oxygen atoms in total. The number of benzene rings is 2. The molecule has 0 aliphatic carbocycles. The smallest absolute Gasteiger partial charge is 0.335 e. The lowest BCUT2D eigenvalue weighted by molar-refractivity contribution is -0.384. The number of carbonyl (C=O) groups is 3. The first-order chi connectivity index (χ1) is 12.4. The van der Waals surface area contributed by atoms with Crippen molar-refractivity contribution < 1.29 is 24.4 Å². The minimum atomic E-state index is -0.947. The van der Waals surface area contributed by atoms with Gasteiger partial charge < -0.3 is 5.11 Å². The van der Waals surface area contributed by atoms with Gasteiger partial charge in [-0.3, -0.25) is 25.0 Å². The van der Waals surface area contributed by atoms with Gasteiger partial charge in [0, 0.05) is 12.1 Å². The number of nitro benzene ring substituents is 1. The van der Waals surface area contributed by atoms with E-state index in [0.717, 1.165) is 17.0 Å². The maximum atomic E-state index is 12.6. The van der Waals surface area contributed by atoms with Crippen molar-refractivity contribution >= 4 is 35.3 Å². The van der Waals surface area contributed by atoms with Crippen molar-refractivity contribution in [3.05, 3.63) is 69.8 Å². The molecule has 0 unspecified atom stereocenters. The number of anilines is 1. The monoisotopic (exact) mass is 353 g/mol. The molecule has 0 radical (unpaired) electrons.